The fourth-order valence-electron chi connectivity index (χ4n) is 2.08. The van der Waals surface area contributed by atoms with Crippen LogP contribution < -0.4 is 14.8 Å². The van der Waals surface area contributed by atoms with Crippen molar-refractivity contribution < 1.29 is 14.3 Å². The minimum absolute atomic E-state index is 0.239. The monoisotopic (exact) mass is 393 g/mol. The Morgan fingerprint density at radius 3 is 2.48 bits per heavy atom. The molecule has 0 aromatic heterocycles. The molecule has 0 fully saturated rings. The van der Waals surface area contributed by atoms with Crippen LogP contribution in [0.5, 0.6) is 11.5 Å². The van der Waals surface area contributed by atoms with Crippen molar-refractivity contribution in [1.82, 2.24) is 0 Å². The van der Waals surface area contributed by atoms with Crippen LogP contribution in [0.3, 0.4) is 0 Å². The Morgan fingerprint density at radius 2 is 1.78 bits per heavy atom. The molecule has 3 rings (SSSR count). The summed E-state index contributed by atoms with van der Waals surface area (Å²) in [6.45, 7) is 1.02. The Hall–Kier alpha value is -1.98. The summed E-state index contributed by atoms with van der Waals surface area (Å²) in [4.78, 5) is 12.1. The van der Waals surface area contributed by atoms with Crippen molar-refractivity contribution in [2.75, 3.05) is 18.5 Å². The molecule has 0 saturated carbocycles. The first-order valence-electron chi connectivity index (χ1n) is 6.95. The largest absolute Gasteiger partial charge is 0.486 e. The summed E-state index contributed by atoms with van der Waals surface area (Å²) >= 11 is 9.25. The highest BCUT2D eigenvalue weighted by Gasteiger charge is 2.15. The van der Waals surface area contributed by atoms with Gasteiger partial charge in [0.15, 0.2) is 11.5 Å². The maximum Gasteiger partial charge on any atom is 0.248 e. The second-order valence-electron chi connectivity index (χ2n) is 4.85. The number of carbonyl (C=O) groups is 1. The van der Waals surface area contributed by atoms with Crippen LogP contribution in [-0.2, 0) is 4.79 Å². The van der Waals surface area contributed by atoms with E-state index < -0.39 is 0 Å². The number of benzene rings is 2. The van der Waals surface area contributed by atoms with Gasteiger partial charge in [-0.1, -0.05) is 23.7 Å². The van der Waals surface area contributed by atoms with E-state index in [1.165, 1.54) is 6.08 Å². The number of amides is 1. The van der Waals surface area contributed by atoms with Gasteiger partial charge < -0.3 is 14.8 Å². The second kappa shape index (κ2) is 7.06. The number of carbonyl (C=O) groups excluding carboxylic acids is 1. The lowest BCUT2D eigenvalue weighted by atomic mass is 10.2. The van der Waals surface area contributed by atoms with Gasteiger partial charge in [0.25, 0.3) is 0 Å². The Morgan fingerprint density at radius 1 is 1.13 bits per heavy atom. The molecule has 1 N–H and O–H groups in total. The Balaban J connectivity index is 1.71. The fraction of sp³-hybridized carbons (Fsp3) is 0.118. The van der Waals surface area contributed by atoms with Crippen molar-refractivity contribution in [1.29, 1.82) is 0 Å². The van der Waals surface area contributed by atoms with Crippen molar-refractivity contribution in [3.05, 3.63) is 57.5 Å². The number of hydrogen-bond acceptors (Lipinski definition) is 3. The second-order valence-corrected chi connectivity index (χ2v) is 6.14. The number of rotatable bonds is 3. The molecule has 0 atom stereocenters. The van der Waals surface area contributed by atoms with Gasteiger partial charge in [0, 0.05) is 27.7 Å². The number of hydrogen-bond donors (Lipinski definition) is 1. The van der Waals surface area contributed by atoms with E-state index in [2.05, 4.69) is 21.2 Å². The summed E-state index contributed by atoms with van der Waals surface area (Å²) in [6, 6.07) is 10.8. The van der Waals surface area contributed by atoms with Gasteiger partial charge in [-0.3, -0.25) is 4.79 Å². The maximum absolute atomic E-state index is 12.1. The first-order valence-corrected chi connectivity index (χ1v) is 8.13. The predicted molar refractivity (Wildman–Crippen MR) is 94.2 cm³/mol. The zero-order valence-corrected chi connectivity index (χ0v) is 14.4. The molecule has 1 amide bonds. The molecule has 4 nitrogen and oxygen atoms in total. The Bertz CT molecular complexity index is 759. The van der Waals surface area contributed by atoms with Gasteiger partial charge in [0.05, 0.1) is 5.69 Å². The van der Waals surface area contributed by atoms with Crippen LogP contribution in [-0.4, -0.2) is 19.1 Å². The predicted octanol–water partition coefficient (Wildman–Crippen LogP) is 4.53. The Kier molecular flexibility index (Phi) is 4.88. The van der Waals surface area contributed by atoms with Gasteiger partial charge >= 0.3 is 0 Å². The smallest absolute Gasteiger partial charge is 0.248 e. The van der Waals surface area contributed by atoms with E-state index in [1.807, 2.05) is 12.1 Å². The lowest BCUT2D eigenvalue weighted by Crippen LogP contribution is -2.16. The number of halogens is 2. The molecule has 2 aromatic carbocycles. The van der Waals surface area contributed by atoms with Gasteiger partial charge in [-0.15, -0.1) is 0 Å². The van der Waals surface area contributed by atoms with E-state index >= 15 is 0 Å². The molecule has 1 aliphatic rings. The first kappa shape index (κ1) is 15.9. The van der Waals surface area contributed by atoms with E-state index in [4.69, 9.17) is 21.1 Å². The normalized spacial score (nSPS) is 13.1. The summed E-state index contributed by atoms with van der Waals surface area (Å²) in [7, 11) is 0. The van der Waals surface area contributed by atoms with Crippen molar-refractivity contribution in [2.24, 2.45) is 0 Å². The Labute approximate surface area is 147 Å². The summed E-state index contributed by atoms with van der Waals surface area (Å²) in [5.41, 5.74) is 1.52. The average molecular weight is 395 g/mol. The molecule has 0 radical (unpaired) electrons. The molecular weight excluding hydrogens is 382 g/mol. The van der Waals surface area contributed by atoms with Crippen molar-refractivity contribution >= 4 is 45.2 Å². The van der Waals surface area contributed by atoms with Gasteiger partial charge in [-0.25, -0.2) is 0 Å². The third kappa shape index (κ3) is 4.06. The van der Waals surface area contributed by atoms with Crippen LogP contribution in [0, 0.1) is 0 Å². The minimum Gasteiger partial charge on any atom is -0.486 e. The van der Waals surface area contributed by atoms with Crippen LogP contribution in [0.2, 0.25) is 5.02 Å². The zero-order chi connectivity index (χ0) is 16.2. The van der Waals surface area contributed by atoms with E-state index in [1.54, 1.807) is 30.3 Å². The third-order valence-corrected chi connectivity index (χ3v) is 4.09. The van der Waals surface area contributed by atoms with Crippen molar-refractivity contribution in [3.8, 4) is 11.5 Å². The molecule has 118 valence electrons. The average Bonchev–Trinajstić information content (AvgIpc) is 2.55. The highest BCUT2D eigenvalue weighted by Crippen LogP contribution is 2.38. The van der Waals surface area contributed by atoms with Crippen LogP contribution >= 0.6 is 27.5 Å². The molecule has 0 aliphatic carbocycles. The summed E-state index contributed by atoms with van der Waals surface area (Å²) in [5.74, 6) is 1.05. The van der Waals surface area contributed by atoms with E-state index in [0.29, 0.717) is 35.4 Å². The van der Waals surface area contributed by atoms with E-state index in [-0.39, 0.29) is 5.91 Å². The number of nitrogens with one attached hydrogen (secondary N) is 1. The minimum atomic E-state index is -0.239. The van der Waals surface area contributed by atoms with Crippen LogP contribution in [0.4, 0.5) is 5.69 Å². The molecule has 1 heterocycles. The molecular formula is C17H13BrClNO3. The molecule has 0 bridgehead atoms. The van der Waals surface area contributed by atoms with E-state index in [0.717, 1.165) is 10.0 Å². The summed E-state index contributed by atoms with van der Waals surface area (Å²) in [5, 5.41) is 3.47. The summed E-state index contributed by atoms with van der Waals surface area (Å²) < 4.78 is 11.7. The number of ether oxygens (including phenoxy) is 2. The van der Waals surface area contributed by atoms with Gasteiger partial charge in [0.2, 0.25) is 5.91 Å². The van der Waals surface area contributed by atoms with E-state index in [9.17, 15) is 4.79 Å². The summed E-state index contributed by atoms with van der Waals surface area (Å²) in [6.07, 6.45) is 3.18. The van der Waals surface area contributed by atoms with Gasteiger partial charge in [-0.2, -0.15) is 0 Å². The lowest BCUT2D eigenvalue weighted by molar-refractivity contribution is -0.111. The topological polar surface area (TPSA) is 47.6 Å². The molecule has 23 heavy (non-hydrogen) atoms. The highest BCUT2D eigenvalue weighted by atomic mass is 79.9. The molecule has 0 spiro atoms. The standard InChI is InChI=1S/C17H13BrClNO3/c18-13-9-15-16(23-8-7-22-15)10-14(13)20-17(21)6-3-11-1-4-12(19)5-2-11/h1-6,9-10H,7-8H2,(H,20,21). The number of fused-ring (bicyclic) bond motifs is 1. The van der Waals surface area contributed by atoms with Crippen LogP contribution in [0.15, 0.2) is 46.9 Å². The van der Waals surface area contributed by atoms with Crippen molar-refractivity contribution in [2.45, 2.75) is 0 Å². The zero-order valence-electron chi connectivity index (χ0n) is 12.0. The van der Waals surface area contributed by atoms with Gasteiger partial charge in [0.1, 0.15) is 13.2 Å². The van der Waals surface area contributed by atoms with Crippen LogP contribution in [0.1, 0.15) is 5.56 Å². The fourth-order valence-corrected chi connectivity index (χ4v) is 2.63. The quantitative estimate of drug-likeness (QED) is 0.778. The highest BCUT2D eigenvalue weighted by molar-refractivity contribution is 9.10. The molecule has 1 aliphatic heterocycles. The SMILES string of the molecule is O=C(C=Cc1ccc(Cl)cc1)Nc1cc2c(cc1Br)OCCO2. The maximum atomic E-state index is 12.1. The third-order valence-electron chi connectivity index (χ3n) is 3.19. The van der Waals surface area contributed by atoms with Crippen LogP contribution in [0.25, 0.3) is 6.08 Å². The van der Waals surface area contributed by atoms with Crippen molar-refractivity contribution in [3.63, 3.8) is 0 Å². The van der Waals surface area contributed by atoms with Gasteiger partial charge in [-0.05, 0) is 39.7 Å². The first-order chi connectivity index (χ1) is 11.1. The molecule has 0 saturated heterocycles. The molecule has 0 unspecified atom stereocenters. The molecule has 2 aromatic rings. The number of anilines is 1. The lowest BCUT2D eigenvalue weighted by Gasteiger charge is -2.19. The molecule has 6 heteroatoms.